The third-order valence-corrected chi connectivity index (χ3v) is 4.05. The number of carbonyl (C=O) groups is 1. The van der Waals surface area contributed by atoms with Crippen molar-refractivity contribution in [2.45, 2.75) is 46.3 Å². The van der Waals surface area contributed by atoms with Crippen LogP contribution in [-0.2, 0) is 9.53 Å². The summed E-state index contributed by atoms with van der Waals surface area (Å²) >= 11 is 0. The Morgan fingerprint density at radius 1 is 1.48 bits per heavy atom. The van der Waals surface area contributed by atoms with Crippen molar-refractivity contribution in [3.8, 4) is 0 Å². The Morgan fingerprint density at radius 2 is 2.28 bits per heavy atom. The minimum absolute atomic E-state index is 0.0272. The molecule has 1 saturated heterocycles. The number of hydrogen-bond acceptors (Lipinski definition) is 5. The van der Waals surface area contributed by atoms with Crippen molar-refractivity contribution in [2.24, 2.45) is 5.92 Å². The molecule has 2 unspecified atom stereocenters. The summed E-state index contributed by atoms with van der Waals surface area (Å²) < 4.78 is 11.0. The molecule has 25 heavy (non-hydrogen) atoms. The molecule has 2 N–H and O–H groups in total. The molecule has 2 rings (SSSR count). The Hall–Kier alpha value is -1.92. The van der Waals surface area contributed by atoms with E-state index in [0.29, 0.717) is 12.5 Å². The second-order valence-electron chi connectivity index (χ2n) is 6.99. The molecule has 0 aliphatic carbocycles. The largest absolute Gasteiger partial charge is 0.444 e. The normalized spacial score (nSPS) is 21.8. The first-order valence-corrected chi connectivity index (χ1v) is 8.81. The van der Waals surface area contributed by atoms with Crippen LogP contribution in [0.15, 0.2) is 34.7 Å². The first-order valence-electron chi connectivity index (χ1n) is 8.81. The molecule has 0 bridgehead atoms. The first-order chi connectivity index (χ1) is 12.0. The van der Waals surface area contributed by atoms with Gasteiger partial charge in [0.1, 0.15) is 5.76 Å². The molecule has 1 aliphatic heterocycles. The van der Waals surface area contributed by atoms with Crippen molar-refractivity contribution in [1.82, 2.24) is 15.6 Å². The molecule has 138 valence electrons. The van der Waals surface area contributed by atoms with Crippen molar-refractivity contribution in [2.75, 3.05) is 19.7 Å². The fourth-order valence-electron chi connectivity index (χ4n) is 2.53. The summed E-state index contributed by atoms with van der Waals surface area (Å²) in [6.07, 6.45) is 7.89. The van der Waals surface area contributed by atoms with Crippen LogP contribution in [0, 0.1) is 5.92 Å². The van der Waals surface area contributed by atoms with Gasteiger partial charge in [0, 0.05) is 19.7 Å². The highest BCUT2D eigenvalue weighted by molar-refractivity contribution is 5.82. The van der Waals surface area contributed by atoms with Gasteiger partial charge in [0.15, 0.2) is 6.39 Å². The molecule has 1 fully saturated rings. The summed E-state index contributed by atoms with van der Waals surface area (Å²) in [4.78, 5) is 16.2. The highest BCUT2D eigenvalue weighted by atomic mass is 16.5. The molecule has 0 radical (unpaired) electrons. The zero-order valence-electron chi connectivity index (χ0n) is 15.5. The average Bonchev–Trinajstić information content (AvgIpc) is 3.27. The number of nitrogens with zero attached hydrogens (tertiary/aromatic N) is 1. The molecule has 0 aromatic carbocycles. The van der Waals surface area contributed by atoms with E-state index in [2.05, 4.69) is 29.5 Å². The third kappa shape index (κ3) is 6.48. The Labute approximate surface area is 149 Å². The van der Waals surface area contributed by atoms with Crippen LogP contribution < -0.4 is 10.6 Å². The Kier molecular flexibility index (Phi) is 7.40. The maximum atomic E-state index is 12.3. The number of oxazole rings is 1. The van der Waals surface area contributed by atoms with E-state index in [1.807, 2.05) is 26.0 Å². The molecular weight excluding hydrogens is 318 g/mol. The van der Waals surface area contributed by atoms with Crippen molar-refractivity contribution < 1.29 is 13.9 Å². The number of hydrogen-bond donors (Lipinski definition) is 2. The van der Waals surface area contributed by atoms with Crippen LogP contribution in [-0.4, -0.2) is 42.7 Å². The van der Waals surface area contributed by atoms with E-state index >= 15 is 0 Å². The fraction of sp³-hybridized carbons (Fsp3) is 0.579. The smallest absolute Gasteiger partial charge is 0.237 e. The lowest BCUT2D eigenvalue weighted by Crippen LogP contribution is -2.40. The number of ether oxygens (including phenoxy) is 1. The second kappa shape index (κ2) is 9.53. The first kappa shape index (κ1) is 19.4. The lowest BCUT2D eigenvalue weighted by Gasteiger charge is -2.13. The molecule has 6 nitrogen and oxygen atoms in total. The molecule has 2 heterocycles. The van der Waals surface area contributed by atoms with Crippen LogP contribution in [0.1, 0.15) is 39.9 Å². The standard InChI is InChI=1S/C19H29N3O3/c1-13(2)11-24-16-7-17(21-9-16)19(23)22-8-14(3)5-6-15(4)18-10-20-12-25-18/h5-6,10,12-13,16-17,21H,7-9,11H2,1-4H3,(H,22,23). The molecule has 6 heteroatoms. The molecular formula is C19H29N3O3. The van der Waals surface area contributed by atoms with Gasteiger partial charge in [0.25, 0.3) is 0 Å². The zero-order valence-corrected chi connectivity index (χ0v) is 15.5. The summed E-state index contributed by atoms with van der Waals surface area (Å²) in [5, 5.41) is 6.21. The number of aromatic nitrogens is 1. The predicted molar refractivity (Wildman–Crippen MR) is 97.9 cm³/mol. The van der Waals surface area contributed by atoms with Crippen LogP contribution in [0.3, 0.4) is 0 Å². The van der Waals surface area contributed by atoms with Crippen molar-refractivity contribution in [3.05, 3.63) is 36.1 Å². The average molecular weight is 347 g/mol. The van der Waals surface area contributed by atoms with E-state index in [9.17, 15) is 4.79 Å². The van der Waals surface area contributed by atoms with Gasteiger partial charge in [-0.15, -0.1) is 0 Å². The molecule has 1 aliphatic rings. The molecule has 1 aromatic rings. The Balaban J connectivity index is 1.74. The number of nitrogens with one attached hydrogen (secondary N) is 2. The molecule has 2 atom stereocenters. The van der Waals surface area contributed by atoms with Gasteiger partial charge in [-0.2, -0.15) is 0 Å². The second-order valence-corrected chi connectivity index (χ2v) is 6.99. The van der Waals surface area contributed by atoms with Crippen LogP contribution >= 0.6 is 0 Å². The highest BCUT2D eigenvalue weighted by Gasteiger charge is 2.29. The summed E-state index contributed by atoms with van der Waals surface area (Å²) in [7, 11) is 0. The maximum Gasteiger partial charge on any atom is 0.237 e. The van der Waals surface area contributed by atoms with E-state index in [0.717, 1.165) is 36.5 Å². The number of carbonyl (C=O) groups excluding carboxylic acids is 1. The predicted octanol–water partition coefficient (Wildman–Crippen LogP) is 2.54. The number of allylic oxidation sites excluding steroid dienone is 3. The van der Waals surface area contributed by atoms with E-state index in [-0.39, 0.29) is 18.1 Å². The summed E-state index contributed by atoms with van der Waals surface area (Å²) in [6.45, 7) is 10.2. The van der Waals surface area contributed by atoms with Gasteiger partial charge >= 0.3 is 0 Å². The van der Waals surface area contributed by atoms with Gasteiger partial charge in [-0.05, 0) is 31.8 Å². The van der Waals surface area contributed by atoms with E-state index in [1.165, 1.54) is 6.39 Å². The highest BCUT2D eigenvalue weighted by Crippen LogP contribution is 2.13. The van der Waals surface area contributed by atoms with Gasteiger partial charge in [0.2, 0.25) is 5.91 Å². The Morgan fingerprint density at radius 3 is 2.96 bits per heavy atom. The fourth-order valence-corrected chi connectivity index (χ4v) is 2.53. The lowest BCUT2D eigenvalue weighted by molar-refractivity contribution is -0.122. The van der Waals surface area contributed by atoms with Gasteiger partial charge in [-0.3, -0.25) is 4.79 Å². The number of amides is 1. The quantitative estimate of drug-likeness (QED) is 0.707. The van der Waals surface area contributed by atoms with E-state index < -0.39 is 0 Å². The summed E-state index contributed by atoms with van der Waals surface area (Å²) in [5.41, 5.74) is 2.06. The zero-order chi connectivity index (χ0) is 18.2. The van der Waals surface area contributed by atoms with Crippen LogP contribution in [0.2, 0.25) is 0 Å². The summed E-state index contributed by atoms with van der Waals surface area (Å²) in [6, 6.07) is -0.170. The minimum Gasteiger partial charge on any atom is -0.444 e. The van der Waals surface area contributed by atoms with E-state index in [1.54, 1.807) is 6.20 Å². The molecule has 1 aromatic heterocycles. The molecule has 0 saturated carbocycles. The van der Waals surface area contributed by atoms with Gasteiger partial charge in [-0.1, -0.05) is 31.6 Å². The third-order valence-electron chi connectivity index (χ3n) is 4.05. The van der Waals surface area contributed by atoms with Crippen molar-refractivity contribution >= 4 is 11.5 Å². The van der Waals surface area contributed by atoms with E-state index in [4.69, 9.17) is 9.15 Å². The number of rotatable bonds is 8. The maximum absolute atomic E-state index is 12.3. The van der Waals surface area contributed by atoms with Gasteiger partial charge in [-0.25, -0.2) is 4.98 Å². The van der Waals surface area contributed by atoms with Gasteiger partial charge in [0.05, 0.1) is 18.3 Å². The van der Waals surface area contributed by atoms with Crippen molar-refractivity contribution in [1.29, 1.82) is 0 Å². The Bertz CT molecular complexity index is 605. The SMILES string of the molecule is CC(=CC=C(C)c1cnco1)CNC(=O)C1CC(OCC(C)C)CN1. The van der Waals surface area contributed by atoms with Gasteiger partial charge < -0.3 is 19.8 Å². The van der Waals surface area contributed by atoms with Crippen LogP contribution in [0.4, 0.5) is 0 Å². The minimum atomic E-state index is -0.170. The monoisotopic (exact) mass is 347 g/mol. The lowest BCUT2D eigenvalue weighted by atomic mass is 10.1. The molecule has 0 spiro atoms. The molecule has 1 amide bonds. The topological polar surface area (TPSA) is 76.4 Å². The van der Waals surface area contributed by atoms with Crippen molar-refractivity contribution in [3.63, 3.8) is 0 Å². The van der Waals surface area contributed by atoms with Crippen LogP contribution in [0.5, 0.6) is 0 Å². The summed E-state index contributed by atoms with van der Waals surface area (Å²) in [5.74, 6) is 1.28. The van der Waals surface area contributed by atoms with Crippen LogP contribution in [0.25, 0.3) is 5.57 Å².